The Kier molecular flexibility index (Phi) is 3.24. The van der Waals surface area contributed by atoms with Crippen molar-refractivity contribution >= 4 is 6.29 Å². The van der Waals surface area contributed by atoms with Crippen LogP contribution in [0.25, 0.3) is 0 Å². The van der Waals surface area contributed by atoms with Crippen LogP contribution in [0.2, 0.25) is 0 Å². The molecule has 17 heavy (non-hydrogen) atoms. The lowest BCUT2D eigenvalue weighted by Gasteiger charge is -2.09. The van der Waals surface area contributed by atoms with Crippen molar-refractivity contribution in [1.82, 2.24) is 0 Å². The molecule has 0 aliphatic heterocycles. The third-order valence-electron chi connectivity index (χ3n) is 2.69. The largest absolute Gasteiger partial charge is 0.457 e. The molecule has 0 fully saturated rings. The Hall–Kier alpha value is -2.09. The quantitative estimate of drug-likeness (QED) is 0.742. The molecule has 0 heterocycles. The third kappa shape index (κ3) is 2.53. The molecular formula is C15H14O2. The second kappa shape index (κ2) is 4.83. The van der Waals surface area contributed by atoms with Gasteiger partial charge in [-0.15, -0.1) is 0 Å². The summed E-state index contributed by atoms with van der Waals surface area (Å²) in [5, 5.41) is 0. The fraction of sp³-hybridized carbons (Fsp3) is 0.133. The molecular weight excluding hydrogens is 212 g/mol. The molecule has 0 radical (unpaired) electrons. The number of ether oxygens (including phenoxy) is 1. The highest BCUT2D eigenvalue weighted by atomic mass is 16.5. The predicted octanol–water partition coefficient (Wildman–Crippen LogP) is 3.91. The predicted molar refractivity (Wildman–Crippen MR) is 67.8 cm³/mol. The smallest absolute Gasteiger partial charge is 0.150 e. The SMILES string of the molecule is Cc1cc(Oc2ccccc2C)ccc1C=O. The summed E-state index contributed by atoms with van der Waals surface area (Å²) in [4.78, 5) is 10.7. The van der Waals surface area contributed by atoms with E-state index >= 15 is 0 Å². The number of benzene rings is 2. The van der Waals surface area contributed by atoms with Gasteiger partial charge in [0.1, 0.15) is 17.8 Å². The molecule has 2 heteroatoms. The summed E-state index contributed by atoms with van der Waals surface area (Å²) in [6, 6.07) is 13.3. The normalized spacial score (nSPS) is 10.0. The molecule has 0 atom stereocenters. The Morgan fingerprint density at radius 2 is 1.76 bits per heavy atom. The number of hydrogen-bond donors (Lipinski definition) is 0. The minimum Gasteiger partial charge on any atom is -0.457 e. The van der Waals surface area contributed by atoms with Crippen LogP contribution in [0.1, 0.15) is 21.5 Å². The van der Waals surface area contributed by atoms with Crippen molar-refractivity contribution < 1.29 is 9.53 Å². The lowest BCUT2D eigenvalue weighted by atomic mass is 10.1. The zero-order chi connectivity index (χ0) is 12.3. The molecule has 0 saturated carbocycles. The maximum Gasteiger partial charge on any atom is 0.150 e. The second-order valence-corrected chi connectivity index (χ2v) is 4.00. The number of aryl methyl sites for hydroxylation is 2. The topological polar surface area (TPSA) is 26.3 Å². The Morgan fingerprint density at radius 3 is 2.41 bits per heavy atom. The molecule has 0 aliphatic rings. The first-order valence-electron chi connectivity index (χ1n) is 5.50. The van der Waals surface area contributed by atoms with E-state index in [9.17, 15) is 4.79 Å². The molecule has 0 bridgehead atoms. The van der Waals surface area contributed by atoms with Gasteiger partial charge in [-0.1, -0.05) is 18.2 Å². The lowest BCUT2D eigenvalue weighted by molar-refractivity contribution is 0.112. The molecule has 2 rings (SSSR count). The van der Waals surface area contributed by atoms with Gasteiger partial charge in [0, 0.05) is 5.56 Å². The van der Waals surface area contributed by atoms with Gasteiger partial charge in [-0.3, -0.25) is 4.79 Å². The summed E-state index contributed by atoms with van der Waals surface area (Å²) >= 11 is 0. The molecule has 2 aromatic carbocycles. The van der Waals surface area contributed by atoms with Gasteiger partial charge in [0.25, 0.3) is 0 Å². The van der Waals surface area contributed by atoms with E-state index in [-0.39, 0.29) is 0 Å². The van der Waals surface area contributed by atoms with Crippen molar-refractivity contribution in [2.24, 2.45) is 0 Å². The fourth-order valence-corrected chi connectivity index (χ4v) is 1.64. The summed E-state index contributed by atoms with van der Waals surface area (Å²) in [5.74, 6) is 1.59. The summed E-state index contributed by atoms with van der Waals surface area (Å²) in [7, 11) is 0. The first-order valence-corrected chi connectivity index (χ1v) is 5.50. The van der Waals surface area contributed by atoms with Gasteiger partial charge in [0.05, 0.1) is 0 Å². The maximum atomic E-state index is 10.7. The van der Waals surface area contributed by atoms with E-state index in [1.165, 1.54) is 0 Å². The van der Waals surface area contributed by atoms with Gasteiger partial charge in [0.2, 0.25) is 0 Å². The number of carbonyl (C=O) groups excluding carboxylic acids is 1. The minimum atomic E-state index is 0.696. The molecule has 0 amide bonds. The molecule has 86 valence electrons. The van der Waals surface area contributed by atoms with Crippen LogP contribution in [0.5, 0.6) is 11.5 Å². The standard InChI is InChI=1S/C15H14O2/c1-11-5-3-4-6-15(11)17-14-8-7-13(10-16)12(2)9-14/h3-10H,1-2H3. The van der Waals surface area contributed by atoms with E-state index < -0.39 is 0 Å². The molecule has 0 aliphatic carbocycles. The van der Waals surface area contributed by atoms with Crippen LogP contribution in [0, 0.1) is 13.8 Å². The fourth-order valence-electron chi connectivity index (χ4n) is 1.64. The van der Waals surface area contributed by atoms with Gasteiger partial charge in [0.15, 0.2) is 0 Å². The summed E-state index contributed by atoms with van der Waals surface area (Å²) in [6.07, 6.45) is 0.854. The first kappa shape index (κ1) is 11.4. The Balaban J connectivity index is 2.28. The van der Waals surface area contributed by atoms with Crippen molar-refractivity contribution in [3.8, 4) is 11.5 Å². The second-order valence-electron chi connectivity index (χ2n) is 4.00. The van der Waals surface area contributed by atoms with E-state index in [0.717, 1.165) is 28.9 Å². The number of carbonyl (C=O) groups is 1. The molecule has 0 N–H and O–H groups in total. The number of para-hydroxylation sites is 1. The molecule has 2 aromatic rings. The average molecular weight is 226 g/mol. The van der Waals surface area contributed by atoms with Crippen LogP contribution < -0.4 is 4.74 Å². The summed E-state index contributed by atoms with van der Waals surface area (Å²) in [5.41, 5.74) is 2.71. The van der Waals surface area contributed by atoms with E-state index in [2.05, 4.69) is 0 Å². The van der Waals surface area contributed by atoms with Gasteiger partial charge in [-0.25, -0.2) is 0 Å². The molecule has 0 aromatic heterocycles. The van der Waals surface area contributed by atoms with Crippen molar-refractivity contribution in [2.75, 3.05) is 0 Å². The number of rotatable bonds is 3. The average Bonchev–Trinajstić information content (AvgIpc) is 2.32. The highest BCUT2D eigenvalue weighted by molar-refractivity contribution is 5.77. The lowest BCUT2D eigenvalue weighted by Crippen LogP contribution is -1.90. The van der Waals surface area contributed by atoms with Gasteiger partial charge >= 0.3 is 0 Å². The zero-order valence-corrected chi connectivity index (χ0v) is 9.94. The number of aldehydes is 1. The van der Waals surface area contributed by atoms with Crippen molar-refractivity contribution in [2.45, 2.75) is 13.8 Å². The maximum absolute atomic E-state index is 10.7. The first-order chi connectivity index (χ1) is 8.20. The zero-order valence-electron chi connectivity index (χ0n) is 9.94. The monoisotopic (exact) mass is 226 g/mol. The van der Waals surface area contributed by atoms with Gasteiger partial charge < -0.3 is 4.74 Å². The Bertz CT molecular complexity index is 544. The van der Waals surface area contributed by atoms with Gasteiger partial charge in [-0.2, -0.15) is 0 Å². The highest BCUT2D eigenvalue weighted by Gasteiger charge is 2.02. The van der Waals surface area contributed by atoms with Crippen LogP contribution in [-0.4, -0.2) is 6.29 Å². The van der Waals surface area contributed by atoms with Crippen molar-refractivity contribution in [1.29, 1.82) is 0 Å². The number of hydrogen-bond acceptors (Lipinski definition) is 2. The van der Waals surface area contributed by atoms with E-state index in [0.29, 0.717) is 5.56 Å². The highest BCUT2D eigenvalue weighted by Crippen LogP contribution is 2.25. The van der Waals surface area contributed by atoms with Gasteiger partial charge in [-0.05, 0) is 49.2 Å². The van der Waals surface area contributed by atoms with Crippen LogP contribution in [0.15, 0.2) is 42.5 Å². The van der Waals surface area contributed by atoms with Crippen LogP contribution in [0.4, 0.5) is 0 Å². The molecule has 2 nitrogen and oxygen atoms in total. The molecule has 0 spiro atoms. The van der Waals surface area contributed by atoms with Crippen molar-refractivity contribution in [3.63, 3.8) is 0 Å². The van der Waals surface area contributed by atoms with Crippen molar-refractivity contribution in [3.05, 3.63) is 59.2 Å². The Labute approximate surface area is 101 Å². The summed E-state index contributed by atoms with van der Waals surface area (Å²) in [6.45, 7) is 3.90. The summed E-state index contributed by atoms with van der Waals surface area (Å²) < 4.78 is 5.77. The van der Waals surface area contributed by atoms with Crippen LogP contribution in [0.3, 0.4) is 0 Å². The van der Waals surface area contributed by atoms with Crippen LogP contribution >= 0.6 is 0 Å². The van der Waals surface area contributed by atoms with Crippen LogP contribution in [-0.2, 0) is 0 Å². The Morgan fingerprint density at radius 1 is 1.00 bits per heavy atom. The third-order valence-corrected chi connectivity index (χ3v) is 2.69. The van der Waals surface area contributed by atoms with E-state index in [1.807, 2.05) is 50.2 Å². The van der Waals surface area contributed by atoms with E-state index in [1.54, 1.807) is 6.07 Å². The minimum absolute atomic E-state index is 0.696. The van der Waals surface area contributed by atoms with E-state index in [4.69, 9.17) is 4.74 Å². The molecule has 0 saturated heterocycles. The molecule has 0 unspecified atom stereocenters.